The molecule has 1 aliphatic heterocycles. The summed E-state index contributed by atoms with van der Waals surface area (Å²) < 4.78 is 6.70. The Labute approximate surface area is 111 Å². The van der Waals surface area contributed by atoms with E-state index in [0.29, 0.717) is 6.10 Å². The Morgan fingerprint density at radius 1 is 1.53 bits per heavy atom. The number of benzene rings is 1. The summed E-state index contributed by atoms with van der Waals surface area (Å²) in [5.74, 6) is 0. The molecule has 0 aliphatic carbocycles. The monoisotopic (exact) mass is 298 g/mol. The molecule has 1 atom stereocenters. The van der Waals surface area contributed by atoms with Gasteiger partial charge < -0.3 is 10.5 Å². The van der Waals surface area contributed by atoms with Crippen molar-refractivity contribution in [2.75, 3.05) is 25.4 Å². The average Bonchev–Trinajstić information content (AvgIpc) is 2.33. The number of nitrogens with zero attached hydrogens (tertiary/aromatic N) is 1. The molecule has 1 aliphatic rings. The maximum absolute atomic E-state index is 6.02. The van der Waals surface area contributed by atoms with Gasteiger partial charge in [-0.25, -0.2) is 0 Å². The summed E-state index contributed by atoms with van der Waals surface area (Å²) in [7, 11) is 0. The van der Waals surface area contributed by atoms with E-state index in [1.807, 2.05) is 12.1 Å². The van der Waals surface area contributed by atoms with Gasteiger partial charge in [0.2, 0.25) is 0 Å². The molecule has 94 valence electrons. The third-order valence-electron chi connectivity index (χ3n) is 3.18. The molecular formula is C13H19BrN2O. The SMILES string of the molecule is CCC1CN(Cc2ccc(Br)cc2N)CCO1. The first-order chi connectivity index (χ1) is 8.19. The Hall–Kier alpha value is -0.580. The molecule has 0 aromatic heterocycles. The van der Waals surface area contributed by atoms with Gasteiger partial charge >= 0.3 is 0 Å². The van der Waals surface area contributed by atoms with Crippen molar-refractivity contribution in [1.29, 1.82) is 0 Å². The van der Waals surface area contributed by atoms with Crippen molar-refractivity contribution in [1.82, 2.24) is 4.90 Å². The maximum Gasteiger partial charge on any atom is 0.0700 e. The average molecular weight is 299 g/mol. The van der Waals surface area contributed by atoms with Gasteiger partial charge in [-0.3, -0.25) is 4.90 Å². The molecule has 1 aromatic rings. The third kappa shape index (κ3) is 3.44. The van der Waals surface area contributed by atoms with Crippen LogP contribution in [0.1, 0.15) is 18.9 Å². The van der Waals surface area contributed by atoms with Crippen LogP contribution in [-0.4, -0.2) is 30.7 Å². The third-order valence-corrected chi connectivity index (χ3v) is 3.67. The summed E-state index contributed by atoms with van der Waals surface area (Å²) >= 11 is 3.43. The normalized spacial score (nSPS) is 21.6. The standard InChI is InChI=1S/C13H19BrN2O/c1-2-12-9-16(5-6-17-12)8-10-3-4-11(14)7-13(10)15/h3-4,7,12H,2,5-6,8-9,15H2,1H3. The van der Waals surface area contributed by atoms with Crippen LogP contribution in [0.5, 0.6) is 0 Å². The number of hydrogen-bond acceptors (Lipinski definition) is 3. The predicted molar refractivity (Wildman–Crippen MR) is 73.9 cm³/mol. The van der Waals surface area contributed by atoms with E-state index in [1.54, 1.807) is 0 Å². The van der Waals surface area contributed by atoms with E-state index in [4.69, 9.17) is 10.5 Å². The summed E-state index contributed by atoms with van der Waals surface area (Å²) in [5.41, 5.74) is 8.08. The first kappa shape index (κ1) is 12.9. The molecule has 17 heavy (non-hydrogen) atoms. The summed E-state index contributed by atoms with van der Waals surface area (Å²) in [5, 5.41) is 0. The highest BCUT2D eigenvalue weighted by Gasteiger charge is 2.19. The van der Waals surface area contributed by atoms with Crippen LogP contribution in [-0.2, 0) is 11.3 Å². The number of nitrogen functional groups attached to an aromatic ring is 1. The molecular weight excluding hydrogens is 280 g/mol. The summed E-state index contributed by atoms with van der Waals surface area (Å²) in [4.78, 5) is 2.41. The molecule has 0 amide bonds. The Morgan fingerprint density at radius 3 is 3.06 bits per heavy atom. The number of rotatable bonds is 3. The molecule has 0 bridgehead atoms. The first-order valence-electron chi connectivity index (χ1n) is 6.07. The van der Waals surface area contributed by atoms with Gasteiger partial charge in [0.1, 0.15) is 0 Å². The fourth-order valence-corrected chi connectivity index (χ4v) is 2.50. The van der Waals surface area contributed by atoms with Crippen LogP contribution >= 0.6 is 15.9 Å². The first-order valence-corrected chi connectivity index (χ1v) is 6.86. The van der Waals surface area contributed by atoms with E-state index >= 15 is 0 Å². The van der Waals surface area contributed by atoms with Gasteiger partial charge in [-0.05, 0) is 24.1 Å². The van der Waals surface area contributed by atoms with Crippen LogP contribution in [0.3, 0.4) is 0 Å². The molecule has 0 radical (unpaired) electrons. The Morgan fingerprint density at radius 2 is 2.35 bits per heavy atom. The molecule has 1 unspecified atom stereocenters. The van der Waals surface area contributed by atoms with E-state index in [0.717, 1.165) is 42.8 Å². The lowest BCUT2D eigenvalue weighted by Crippen LogP contribution is -2.41. The van der Waals surface area contributed by atoms with Crippen LogP contribution in [0.4, 0.5) is 5.69 Å². The number of ether oxygens (including phenoxy) is 1. The van der Waals surface area contributed by atoms with Crippen LogP contribution in [0.15, 0.2) is 22.7 Å². The largest absolute Gasteiger partial charge is 0.398 e. The van der Waals surface area contributed by atoms with Gasteiger partial charge in [-0.15, -0.1) is 0 Å². The second kappa shape index (κ2) is 5.85. The van der Waals surface area contributed by atoms with Gasteiger partial charge in [0.05, 0.1) is 12.7 Å². The summed E-state index contributed by atoms with van der Waals surface area (Å²) in [6.45, 7) is 5.91. The molecule has 1 fully saturated rings. The molecule has 0 spiro atoms. The van der Waals surface area contributed by atoms with E-state index in [-0.39, 0.29) is 0 Å². The lowest BCUT2D eigenvalue weighted by Gasteiger charge is -2.32. The predicted octanol–water partition coefficient (Wildman–Crippen LogP) is 2.64. The zero-order valence-corrected chi connectivity index (χ0v) is 11.7. The molecule has 0 saturated carbocycles. The van der Waals surface area contributed by atoms with Crippen molar-refractivity contribution in [2.24, 2.45) is 0 Å². The number of anilines is 1. The van der Waals surface area contributed by atoms with Crippen LogP contribution in [0.2, 0.25) is 0 Å². The second-order valence-corrected chi connectivity index (χ2v) is 5.39. The smallest absolute Gasteiger partial charge is 0.0700 e. The number of morpholine rings is 1. The fourth-order valence-electron chi connectivity index (χ4n) is 2.12. The lowest BCUT2D eigenvalue weighted by molar-refractivity contribution is -0.0324. The van der Waals surface area contributed by atoms with Gasteiger partial charge in [0.25, 0.3) is 0 Å². The molecule has 1 aromatic carbocycles. The topological polar surface area (TPSA) is 38.5 Å². The Balaban J connectivity index is 2.00. The van der Waals surface area contributed by atoms with Crippen LogP contribution in [0.25, 0.3) is 0 Å². The summed E-state index contributed by atoms with van der Waals surface area (Å²) in [6, 6.07) is 6.10. The van der Waals surface area contributed by atoms with Crippen LogP contribution in [0, 0.1) is 0 Å². The zero-order chi connectivity index (χ0) is 12.3. The minimum absolute atomic E-state index is 0.375. The molecule has 1 saturated heterocycles. The van der Waals surface area contributed by atoms with Gasteiger partial charge in [-0.2, -0.15) is 0 Å². The Kier molecular flexibility index (Phi) is 4.42. The molecule has 2 N–H and O–H groups in total. The summed E-state index contributed by atoms with van der Waals surface area (Å²) in [6.07, 6.45) is 1.45. The van der Waals surface area contributed by atoms with Gasteiger partial charge in [0.15, 0.2) is 0 Å². The highest BCUT2D eigenvalue weighted by Crippen LogP contribution is 2.21. The molecule has 4 heteroatoms. The van der Waals surface area contributed by atoms with Crippen molar-refractivity contribution >= 4 is 21.6 Å². The van der Waals surface area contributed by atoms with Gasteiger partial charge in [-0.1, -0.05) is 28.9 Å². The van der Waals surface area contributed by atoms with E-state index in [2.05, 4.69) is 33.8 Å². The quantitative estimate of drug-likeness (QED) is 0.872. The molecule has 1 heterocycles. The fraction of sp³-hybridized carbons (Fsp3) is 0.538. The van der Waals surface area contributed by atoms with Crippen molar-refractivity contribution in [3.63, 3.8) is 0 Å². The highest BCUT2D eigenvalue weighted by molar-refractivity contribution is 9.10. The van der Waals surface area contributed by atoms with Crippen LogP contribution < -0.4 is 5.73 Å². The van der Waals surface area contributed by atoms with E-state index < -0.39 is 0 Å². The minimum atomic E-state index is 0.375. The number of nitrogens with two attached hydrogens (primary N) is 1. The van der Waals surface area contributed by atoms with Gasteiger partial charge in [0, 0.05) is 29.8 Å². The van der Waals surface area contributed by atoms with Crippen molar-refractivity contribution in [3.8, 4) is 0 Å². The van der Waals surface area contributed by atoms with Crippen molar-refractivity contribution in [3.05, 3.63) is 28.2 Å². The second-order valence-electron chi connectivity index (χ2n) is 4.48. The highest BCUT2D eigenvalue weighted by atomic mass is 79.9. The van der Waals surface area contributed by atoms with E-state index in [9.17, 15) is 0 Å². The number of hydrogen-bond donors (Lipinski definition) is 1. The Bertz CT molecular complexity index is 384. The van der Waals surface area contributed by atoms with Crippen molar-refractivity contribution in [2.45, 2.75) is 26.0 Å². The number of halogens is 1. The molecule has 3 nitrogen and oxygen atoms in total. The zero-order valence-electron chi connectivity index (χ0n) is 10.2. The minimum Gasteiger partial charge on any atom is -0.398 e. The van der Waals surface area contributed by atoms with Crippen molar-refractivity contribution < 1.29 is 4.74 Å². The maximum atomic E-state index is 6.02. The lowest BCUT2D eigenvalue weighted by atomic mass is 10.1. The van der Waals surface area contributed by atoms with E-state index in [1.165, 1.54) is 5.56 Å². The molecule has 2 rings (SSSR count).